The van der Waals surface area contributed by atoms with Crippen LogP contribution in [0.15, 0.2) is 48.5 Å². The summed E-state index contributed by atoms with van der Waals surface area (Å²) in [7, 11) is 0. The summed E-state index contributed by atoms with van der Waals surface area (Å²) in [6.45, 7) is 6.09. The number of benzene rings is 2. The maximum absolute atomic E-state index is 13.1. The molecule has 1 aliphatic carbocycles. The van der Waals surface area contributed by atoms with Crippen molar-refractivity contribution in [3.05, 3.63) is 65.2 Å². The Morgan fingerprint density at radius 3 is 2.43 bits per heavy atom. The largest absolute Gasteiger partial charge is 0.484 e. The minimum absolute atomic E-state index is 0.0989. The summed E-state index contributed by atoms with van der Waals surface area (Å²) in [6.07, 6.45) is 4.33. The lowest BCUT2D eigenvalue weighted by molar-refractivity contribution is -0.142. The van der Waals surface area contributed by atoms with E-state index in [4.69, 9.17) is 4.74 Å². The van der Waals surface area contributed by atoms with Crippen molar-refractivity contribution in [1.29, 1.82) is 0 Å². The molecular formula is C25H32N2O3. The molecule has 5 heteroatoms. The van der Waals surface area contributed by atoms with Gasteiger partial charge in [-0.25, -0.2) is 0 Å². The van der Waals surface area contributed by atoms with Crippen LogP contribution in [0.5, 0.6) is 5.75 Å². The van der Waals surface area contributed by atoms with Crippen LogP contribution in [0.25, 0.3) is 0 Å². The van der Waals surface area contributed by atoms with E-state index in [9.17, 15) is 9.59 Å². The lowest BCUT2D eigenvalue weighted by atomic mass is 10.1. The zero-order valence-electron chi connectivity index (χ0n) is 18.2. The molecule has 0 aliphatic heterocycles. The van der Waals surface area contributed by atoms with E-state index in [1.54, 1.807) is 11.8 Å². The quantitative estimate of drug-likeness (QED) is 0.714. The van der Waals surface area contributed by atoms with Crippen LogP contribution in [0.4, 0.5) is 0 Å². The first-order chi connectivity index (χ1) is 14.4. The fraction of sp³-hybridized carbons (Fsp3) is 0.440. The third kappa shape index (κ3) is 6.09. The Morgan fingerprint density at radius 2 is 1.77 bits per heavy atom. The molecule has 160 valence electrons. The number of amides is 2. The fourth-order valence-corrected chi connectivity index (χ4v) is 3.84. The normalized spacial score (nSPS) is 14.9. The lowest BCUT2D eigenvalue weighted by Gasteiger charge is -2.29. The van der Waals surface area contributed by atoms with Crippen molar-refractivity contribution < 1.29 is 14.3 Å². The summed E-state index contributed by atoms with van der Waals surface area (Å²) in [5.41, 5.74) is 3.25. The van der Waals surface area contributed by atoms with Crippen LogP contribution < -0.4 is 10.1 Å². The molecule has 0 heterocycles. The molecule has 1 N–H and O–H groups in total. The van der Waals surface area contributed by atoms with Gasteiger partial charge in [-0.05, 0) is 51.3 Å². The van der Waals surface area contributed by atoms with Crippen molar-refractivity contribution in [2.45, 2.75) is 65.1 Å². The molecule has 30 heavy (non-hydrogen) atoms. The number of rotatable bonds is 8. The summed E-state index contributed by atoms with van der Waals surface area (Å²) in [5.74, 6) is 0.344. The fourth-order valence-electron chi connectivity index (χ4n) is 3.84. The Labute approximate surface area is 179 Å². The summed E-state index contributed by atoms with van der Waals surface area (Å²) in [4.78, 5) is 27.6. The Kier molecular flexibility index (Phi) is 7.50. The van der Waals surface area contributed by atoms with E-state index >= 15 is 0 Å². The smallest absolute Gasteiger partial charge is 0.261 e. The van der Waals surface area contributed by atoms with Crippen molar-refractivity contribution >= 4 is 11.8 Å². The second-order valence-corrected chi connectivity index (χ2v) is 8.28. The summed E-state index contributed by atoms with van der Waals surface area (Å²) in [6, 6.07) is 15.3. The molecule has 0 spiro atoms. The molecule has 5 nitrogen and oxygen atoms in total. The molecule has 0 radical (unpaired) electrons. The Bertz CT molecular complexity index is 857. The van der Waals surface area contributed by atoms with Gasteiger partial charge in [0.15, 0.2) is 6.61 Å². The Morgan fingerprint density at radius 1 is 1.07 bits per heavy atom. The minimum atomic E-state index is -0.569. The van der Waals surface area contributed by atoms with Gasteiger partial charge in [-0.3, -0.25) is 9.59 Å². The molecule has 2 amide bonds. The number of carbonyl (C=O) groups excluding carboxylic acids is 2. The van der Waals surface area contributed by atoms with Crippen molar-refractivity contribution in [3.8, 4) is 5.75 Å². The van der Waals surface area contributed by atoms with E-state index in [0.29, 0.717) is 12.3 Å². The number of nitrogens with one attached hydrogen (secondary N) is 1. The second kappa shape index (κ2) is 10.3. The first-order valence-electron chi connectivity index (χ1n) is 10.8. The van der Waals surface area contributed by atoms with Crippen LogP contribution in [0, 0.1) is 13.8 Å². The summed E-state index contributed by atoms with van der Waals surface area (Å²) in [5, 5.41) is 3.12. The number of carbonyl (C=O) groups is 2. The molecule has 1 atom stereocenters. The standard InChI is InChI=1S/C25H32N2O3/c1-18-11-13-23(14-12-18)30-17-24(28)27(16-21-8-6-7-19(2)15-21)20(3)25(29)26-22-9-4-5-10-22/h6-8,11-15,20,22H,4-5,9-10,16-17H2,1-3H3,(H,26,29)/t20-/m1/s1. The highest BCUT2D eigenvalue weighted by Crippen LogP contribution is 2.19. The van der Waals surface area contributed by atoms with E-state index in [2.05, 4.69) is 5.32 Å². The summed E-state index contributed by atoms with van der Waals surface area (Å²) < 4.78 is 5.71. The predicted molar refractivity (Wildman–Crippen MR) is 118 cm³/mol. The average Bonchev–Trinajstić information content (AvgIpc) is 3.24. The van der Waals surface area contributed by atoms with Crippen molar-refractivity contribution in [3.63, 3.8) is 0 Å². The number of nitrogens with zero attached hydrogens (tertiary/aromatic N) is 1. The molecule has 1 fully saturated rings. The van der Waals surface area contributed by atoms with E-state index < -0.39 is 6.04 Å². The number of aryl methyl sites for hydroxylation is 2. The second-order valence-electron chi connectivity index (χ2n) is 8.28. The molecule has 0 aromatic heterocycles. The molecule has 0 unspecified atom stereocenters. The van der Waals surface area contributed by atoms with Crippen LogP contribution in [0.1, 0.15) is 49.3 Å². The van der Waals surface area contributed by atoms with Gasteiger partial charge < -0.3 is 15.0 Å². The average molecular weight is 409 g/mol. The number of hydrogen-bond acceptors (Lipinski definition) is 3. The maximum atomic E-state index is 13.1. The highest BCUT2D eigenvalue weighted by Gasteiger charge is 2.28. The topological polar surface area (TPSA) is 58.6 Å². The van der Waals surface area contributed by atoms with Crippen molar-refractivity contribution in [1.82, 2.24) is 10.2 Å². The Hall–Kier alpha value is -2.82. The molecule has 2 aromatic carbocycles. The van der Waals surface area contributed by atoms with Crippen LogP contribution in [-0.2, 0) is 16.1 Å². The van der Waals surface area contributed by atoms with Gasteiger partial charge in [-0.2, -0.15) is 0 Å². The first kappa shape index (κ1) is 21.9. The van der Waals surface area contributed by atoms with Gasteiger partial charge in [0.05, 0.1) is 0 Å². The van der Waals surface area contributed by atoms with E-state index in [1.165, 1.54) is 0 Å². The Balaban J connectivity index is 1.70. The van der Waals surface area contributed by atoms with Gasteiger partial charge in [0.1, 0.15) is 11.8 Å². The molecule has 0 saturated heterocycles. The molecule has 1 aliphatic rings. The predicted octanol–water partition coefficient (Wildman–Crippen LogP) is 4.16. The van der Waals surface area contributed by atoms with Gasteiger partial charge in [-0.15, -0.1) is 0 Å². The monoisotopic (exact) mass is 408 g/mol. The third-order valence-electron chi connectivity index (χ3n) is 5.69. The van der Waals surface area contributed by atoms with Crippen LogP contribution in [-0.4, -0.2) is 35.4 Å². The molecule has 2 aromatic rings. The van der Waals surface area contributed by atoms with Crippen LogP contribution >= 0.6 is 0 Å². The number of hydrogen-bond donors (Lipinski definition) is 1. The van der Waals surface area contributed by atoms with Gasteiger partial charge in [0, 0.05) is 12.6 Å². The number of ether oxygens (including phenoxy) is 1. The van der Waals surface area contributed by atoms with Crippen LogP contribution in [0.3, 0.4) is 0 Å². The summed E-state index contributed by atoms with van der Waals surface area (Å²) >= 11 is 0. The van der Waals surface area contributed by atoms with Gasteiger partial charge >= 0.3 is 0 Å². The molecule has 1 saturated carbocycles. The van der Waals surface area contributed by atoms with Gasteiger partial charge in [0.25, 0.3) is 5.91 Å². The van der Waals surface area contributed by atoms with E-state index in [-0.39, 0.29) is 24.5 Å². The van der Waals surface area contributed by atoms with Crippen LogP contribution in [0.2, 0.25) is 0 Å². The van der Waals surface area contributed by atoms with Gasteiger partial charge in [-0.1, -0.05) is 60.4 Å². The molecule has 3 rings (SSSR count). The zero-order chi connectivity index (χ0) is 21.5. The lowest BCUT2D eigenvalue weighted by Crippen LogP contribution is -2.50. The SMILES string of the molecule is Cc1ccc(OCC(=O)N(Cc2cccc(C)c2)[C@H](C)C(=O)NC2CCCC2)cc1. The van der Waals surface area contributed by atoms with Crippen molar-refractivity contribution in [2.75, 3.05) is 6.61 Å². The molecule has 0 bridgehead atoms. The third-order valence-corrected chi connectivity index (χ3v) is 5.69. The first-order valence-corrected chi connectivity index (χ1v) is 10.8. The zero-order valence-corrected chi connectivity index (χ0v) is 18.2. The molecular weight excluding hydrogens is 376 g/mol. The van der Waals surface area contributed by atoms with E-state index in [0.717, 1.165) is 42.4 Å². The van der Waals surface area contributed by atoms with Gasteiger partial charge in [0.2, 0.25) is 5.91 Å². The van der Waals surface area contributed by atoms with Crippen molar-refractivity contribution in [2.24, 2.45) is 0 Å². The van der Waals surface area contributed by atoms with E-state index in [1.807, 2.05) is 62.4 Å². The highest BCUT2D eigenvalue weighted by molar-refractivity contribution is 5.88. The highest BCUT2D eigenvalue weighted by atomic mass is 16.5. The minimum Gasteiger partial charge on any atom is -0.484 e. The maximum Gasteiger partial charge on any atom is 0.261 e.